The molecule has 1 aromatic carbocycles. The van der Waals surface area contributed by atoms with Gasteiger partial charge in [-0.2, -0.15) is 0 Å². The van der Waals surface area contributed by atoms with E-state index in [0.29, 0.717) is 15.6 Å². The van der Waals surface area contributed by atoms with Crippen molar-refractivity contribution in [2.45, 2.75) is 13.0 Å². The average Bonchev–Trinajstić information content (AvgIpc) is 2.76. The number of methoxy groups -OCH3 is 1. The molecule has 23 heavy (non-hydrogen) atoms. The molecule has 1 unspecified atom stereocenters. The van der Waals surface area contributed by atoms with Gasteiger partial charge in [-0.05, 0) is 25.1 Å². The van der Waals surface area contributed by atoms with Gasteiger partial charge in [-0.1, -0.05) is 22.5 Å². The van der Waals surface area contributed by atoms with E-state index >= 15 is 0 Å². The van der Waals surface area contributed by atoms with Crippen molar-refractivity contribution in [3.8, 4) is 0 Å². The summed E-state index contributed by atoms with van der Waals surface area (Å²) >= 11 is 3.15. The predicted molar refractivity (Wildman–Crippen MR) is 88.7 cm³/mol. The first-order valence-electron chi connectivity index (χ1n) is 6.99. The van der Waals surface area contributed by atoms with Crippen LogP contribution < -0.4 is 5.32 Å². The van der Waals surface area contributed by atoms with Crippen molar-refractivity contribution in [2.75, 3.05) is 20.3 Å². The van der Waals surface area contributed by atoms with Gasteiger partial charge in [-0.15, -0.1) is 0 Å². The molecule has 1 aromatic rings. The van der Waals surface area contributed by atoms with Gasteiger partial charge in [-0.3, -0.25) is 19.3 Å². The molecule has 6 nitrogen and oxygen atoms in total. The number of ether oxygens (including phenoxy) is 1. The minimum Gasteiger partial charge on any atom is -0.383 e. The van der Waals surface area contributed by atoms with Gasteiger partial charge in [0.25, 0.3) is 17.7 Å². The van der Waals surface area contributed by atoms with E-state index in [9.17, 15) is 14.4 Å². The summed E-state index contributed by atoms with van der Waals surface area (Å²) in [6, 6.07) is 4.11. The molecule has 122 valence electrons. The standard InChI is InChI=1S/C16H17BrN2O4/c1-9(17)7-18-14(20)11-4-5-12-13(6-11)16(22)19(15(12)21)10(2)8-23-3/h4-6,10H,1,7-8H2,2-3H3,(H,18,20). The monoisotopic (exact) mass is 380 g/mol. The summed E-state index contributed by atoms with van der Waals surface area (Å²) in [5.41, 5.74) is 0.863. The Hall–Kier alpha value is -1.99. The molecule has 0 bridgehead atoms. The number of carbonyl (C=O) groups excluding carboxylic acids is 3. The maximum absolute atomic E-state index is 12.5. The number of carbonyl (C=O) groups is 3. The molecular formula is C16H17BrN2O4. The highest BCUT2D eigenvalue weighted by molar-refractivity contribution is 9.11. The fourth-order valence-corrected chi connectivity index (χ4v) is 2.54. The molecule has 0 radical (unpaired) electrons. The average molecular weight is 381 g/mol. The molecule has 1 aliphatic heterocycles. The highest BCUT2D eigenvalue weighted by atomic mass is 79.9. The summed E-state index contributed by atoms with van der Waals surface area (Å²) in [6.07, 6.45) is 0. The summed E-state index contributed by atoms with van der Waals surface area (Å²) in [5, 5.41) is 2.65. The lowest BCUT2D eigenvalue weighted by Crippen LogP contribution is -2.40. The second-order valence-corrected chi connectivity index (χ2v) is 6.37. The van der Waals surface area contributed by atoms with Gasteiger partial charge in [0, 0.05) is 23.7 Å². The number of nitrogens with one attached hydrogen (secondary N) is 1. The van der Waals surface area contributed by atoms with Gasteiger partial charge < -0.3 is 10.1 Å². The summed E-state index contributed by atoms with van der Waals surface area (Å²) in [5.74, 6) is -1.11. The fourth-order valence-electron chi connectivity index (χ4n) is 2.40. The predicted octanol–water partition coefficient (Wildman–Crippen LogP) is 1.96. The maximum Gasteiger partial charge on any atom is 0.261 e. The molecule has 1 aliphatic rings. The number of rotatable bonds is 6. The van der Waals surface area contributed by atoms with E-state index in [1.807, 2.05) is 0 Å². The third-order valence-electron chi connectivity index (χ3n) is 3.47. The molecule has 3 amide bonds. The minimum absolute atomic E-state index is 0.239. The number of hydrogen-bond donors (Lipinski definition) is 1. The lowest BCUT2D eigenvalue weighted by molar-refractivity contribution is 0.0497. The van der Waals surface area contributed by atoms with Crippen LogP contribution >= 0.6 is 15.9 Å². The molecule has 1 heterocycles. The van der Waals surface area contributed by atoms with Crippen molar-refractivity contribution in [1.82, 2.24) is 10.2 Å². The lowest BCUT2D eigenvalue weighted by Gasteiger charge is -2.21. The largest absolute Gasteiger partial charge is 0.383 e. The van der Waals surface area contributed by atoms with E-state index < -0.39 is 5.91 Å². The number of halogens is 1. The Morgan fingerprint density at radius 3 is 2.61 bits per heavy atom. The van der Waals surface area contributed by atoms with Crippen LogP contribution in [0.5, 0.6) is 0 Å². The van der Waals surface area contributed by atoms with Crippen LogP contribution in [-0.4, -0.2) is 48.9 Å². The van der Waals surface area contributed by atoms with Gasteiger partial charge in [0.15, 0.2) is 0 Å². The first-order valence-corrected chi connectivity index (χ1v) is 7.78. The first kappa shape index (κ1) is 17.4. The molecule has 0 saturated carbocycles. The highest BCUT2D eigenvalue weighted by Gasteiger charge is 2.38. The van der Waals surface area contributed by atoms with Gasteiger partial charge in [0.1, 0.15) is 0 Å². The van der Waals surface area contributed by atoms with Crippen LogP contribution in [0.15, 0.2) is 29.3 Å². The summed E-state index contributed by atoms with van der Waals surface area (Å²) in [7, 11) is 1.51. The molecule has 0 aliphatic carbocycles. The zero-order valence-electron chi connectivity index (χ0n) is 12.9. The number of amides is 3. The van der Waals surface area contributed by atoms with Crippen molar-refractivity contribution >= 4 is 33.7 Å². The summed E-state index contributed by atoms with van der Waals surface area (Å²) < 4.78 is 5.64. The van der Waals surface area contributed by atoms with E-state index in [4.69, 9.17) is 4.74 Å². The smallest absolute Gasteiger partial charge is 0.261 e. The molecular weight excluding hydrogens is 364 g/mol. The van der Waals surface area contributed by atoms with E-state index in [-0.39, 0.29) is 36.6 Å². The molecule has 7 heteroatoms. The van der Waals surface area contributed by atoms with Gasteiger partial charge >= 0.3 is 0 Å². The fraction of sp³-hybridized carbons (Fsp3) is 0.312. The van der Waals surface area contributed by atoms with Crippen molar-refractivity contribution in [1.29, 1.82) is 0 Å². The SMILES string of the molecule is C=C(Br)CNC(=O)c1ccc2c(c1)C(=O)N(C(C)COC)C2=O. The van der Waals surface area contributed by atoms with Crippen LogP contribution in [0, 0.1) is 0 Å². The second-order valence-electron chi connectivity index (χ2n) is 5.24. The third-order valence-corrected chi connectivity index (χ3v) is 3.75. The van der Waals surface area contributed by atoms with E-state index in [2.05, 4.69) is 27.8 Å². The summed E-state index contributed by atoms with van der Waals surface area (Å²) in [4.78, 5) is 38.0. The van der Waals surface area contributed by atoms with E-state index in [0.717, 1.165) is 4.90 Å². The zero-order valence-corrected chi connectivity index (χ0v) is 14.5. The van der Waals surface area contributed by atoms with Crippen LogP contribution in [-0.2, 0) is 4.74 Å². The van der Waals surface area contributed by atoms with Crippen molar-refractivity contribution in [3.05, 3.63) is 46.0 Å². The Morgan fingerprint density at radius 2 is 2.00 bits per heavy atom. The van der Waals surface area contributed by atoms with Crippen LogP contribution in [0.1, 0.15) is 38.0 Å². The summed E-state index contributed by atoms with van der Waals surface area (Å²) in [6.45, 7) is 5.90. The van der Waals surface area contributed by atoms with Gasteiger partial charge in [0.05, 0.1) is 23.8 Å². The van der Waals surface area contributed by atoms with Crippen LogP contribution in [0.3, 0.4) is 0 Å². The molecule has 0 aromatic heterocycles. The molecule has 0 spiro atoms. The van der Waals surface area contributed by atoms with Crippen LogP contribution in [0.4, 0.5) is 0 Å². The zero-order chi connectivity index (χ0) is 17.1. The van der Waals surface area contributed by atoms with Gasteiger partial charge in [0.2, 0.25) is 0 Å². The Morgan fingerprint density at radius 1 is 1.35 bits per heavy atom. The normalized spacial score (nSPS) is 14.7. The molecule has 0 fully saturated rings. The minimum atomic E-state index is -0.408. The molecule has 1 atom stereocenters. The topological polar surface area (TPSA) is 75.7 Å². The van der Waals surface area contributed by atoms with Crippen LogP contribution in [0.25, 0.3) is 0 Å². The lowest BCUT2D eigenvalue weighted by atomic mass is 10.1. The molecule has 1 N–H and O–H groups in total. The molecule has 0 saturated heterocycles. The number of nitrogens with zero attached hydrogens (tertiary/aromatic N) is 1. The number of imide groups is 1. The van der Waals surface area contributed by atoms with Gasteiger partial charge in [-0.25, -0.2) is 0 Å². The quantitative estimate of drug-likeness (QED) is 0.765. The van der Waals surface area contributed by atoms with E-state index in [1.54, 1.807) is 6.92 Å². The number of hydrogen-bond acceptors (Lipinski definition) is 4. The Kier molecular flexibility index (Phi) is 5.33. The Labute approximate surface area is 142 Å². The van der Waals surface area contributed by atoms with Crippen molar-refractivity contribution in [3.63, 3.8) is 0 Å². The number of benzene rings is 1. The second kappa shape index (κ2) is 7.06. The highest BCUT2D eigenvalue weighted by Crippen LogP contribution is 2.26. The van der Waals surface area contributed by atoms with Crippen molar-refractivity contribution in [2.24, 2.45) is 0 Å². The maximum atomic E-state index is 12.5. The van der Waals surface area contributed by atoms with Crippen LogP contribution in [0.2, 0.25) is 0 Å². The molecule has 2 rings (SSSR count). The first-order chi connectivity index (χ1) is 10.9. The number of fused-ring (bicyclic) bond motifs is 1. The van der Waals surface area contributed by atoms with E-state index in [1.165, 1.54) is 25.3 Å². The third kappa shape index (κ3) is 3.51. The Balaban J connectivity index is 2.26. The van der Waals surface area contributed by atoms with Crippen molar-refractivity contribution < 1.29 is 19.1 Å². The Bertz CT molecular complexity index is 687.